The summed E-state index contributed by atoms with van der Waals surface area (Å²) >= 11 is 0. The van der Waals surface area contributed by atoms with Crippen molar-refractivity contribution >= 4 is 5.95 Å². The van der Waals surface area contributed by atoms with Crippen molar-refractivity contribution < 1.29 is 9.84 Å². The molecule has 0 aliphatic carbocycles. The van der Waals surface area contributed by atoms with Crippen molar-refractivity contribution in [2.45, 2.75) is 32.0 Å². The van der Waals surface area contributed by atoms with E-state index in [0.717, 1.165) is 56.0 Å². The van der Waals surface area contributed by atoms with Gasteiger partial charge in [0, 0.05) is 31.0 Å². The fourth-order valence-electron chi connectivity index (χ4n) is 3.24. The van der Waals surface area contributed by atoms with Crippen LogP contribution in [0.3, 0.4) is 0 Å². The summed E-state index contributed by atoms with van der Waals surface area (Å²) in [6.45, 7) is 3.15. The van der Waals surface area contributed by atoms with E-state index in [-0.39, 0.29) is 6.10 Å². The molecule has 0 atom stereocenters. The second kappa shape index (κ2) is 6.26. The SMILES string of the molecule is OC1CCN(c2ncc(-c3ccc4c(c3)CCOC4)cn2)CC1. The molecule has 4 rings (SSSR count). The molecule has 3 heterocycles. The zero-order chi connectivity index (χ0) is 15.6. The molecule has 0 unspecified atom stereocenters. The van der Waals surface area contributed by atoms with Crippen molar-refractivity contribution in [1.29, 1.82) is 0 Å². The van der Waals surface area contributed by atoms with Gasteiger partial charge in [0.1, 0.15) is 0 Å². The van der Waals surface area contributed by atoms with E-state index in [4.69, 9.17) is 4.74 Å². The van der Waals surface area contributed by atoms with Gasteiger partial charge in [0.05, 0.1) is 19.3 Å². The second-order valence-electron chi connectivity index (χ2n) is 6.28. The fourth-order valence-corrected chi connectivity index (χ4v) is 3.24. The molecular formula is C18H21N3O2. The Labute approximate surface area is 136 Å². The number of aliphatic hydroxyl groups is 1. The van der Waals surface area contributed by atoms with Crippen molar-refractivity contribution in [3.05, 3.63) is 41.7 Å². The zero-order valence-corrected chi connectivity index (χ0v) is 13.1. The number of aliphatic hydroxyl groups excluding tert-OH is 1. The number of ether oxygens (including phenoxy) is 1. The topological polar surface area (TPSA) is 58.5 Å². The molecule has 0 saturated carbocycles. The Kier molecular flexibility index (Phi) is 3.97. The van der Waals surface area contributed by atoms with E-state index in [2.05, 4.69) is 33.1 Å². The summed E-state index contributed by atoms with van der Waals surface area (Å²) in [5.41, 5.74) is 4.85. The molecule has 2 aliphatic rings. The molecule has 1 fully saturated rings. The molecule has 0 bridgehead atoms. The van der Waals surface area contributed by atoms with E-state index in [1.54, 1.807) is 0 Å². The lowest BCUT2D eigenvalue weighted by molar-refractivity contribution is 0.111. The highest BCUT2D eigenvalue weighted by Gasteiger charge is 2.19. The van der Waals surface area contributed by atoms with E-state index in [9.17, 15) is 5.11 Å². The highest BCUT2D eigenvalue weighted by Crippen LogP contribution is 2.25. The Morgan fingerprint density at radius 1 is 1.04 bits per heavy atom. The van der Waals surface area contributed by atoms with Crippen LogP contribution in [0.5, 0.6) is 0 Å². The monoisotopic (exact) mass is 311 g/mol. The van der Waals surface area contributed by atoms with Gasteiger partial charge in [-0.15, -0.1) is 0 Å². The minimum absolute atomic E-state index is 0.176. The summed E-state index contributed by atoms with van der Waals surface area (Å²) < 4.78 is 5.48. The molecule has 0 radical (unpaired) electrons. The van der Waals surface area contributed by atoms with Crippen LogP contribution in [-0.2, 0) is 17.8 Å². The third-order valence-corrected chi connectivity index (χ3v) is 4.70. The lowest BCUT2D eigenvalue weighted by Crippen LogP contribution is -2.36. The van der Waals surface area contributed by atoms with E-state index < -0.39 is 0 Å². The Hall–Kier alpha value is -1.98. The Balaban J connectivity index is 1.54. The number of rotatable bonds is 2. The van der Waals surface area contributed by atoms with Gasteiger partial charge in [-0.05, 0) is 36.0 Å². The molecule has 2 aliphatic heterocycles. The van der Waals surface area contributed by atoms with Gasteiger partial charge < -0.3 is 14.7 Å². The van der Waals surface area contributed by atoms with Crippen molar-refractivity contribution in [3.63, 3.8) is 0 Å². The summed E-state index contributed by atoms with van der Waals surface area (Å²) in [5.74, 6) is 0.756. The maximum Gasteiger partial charge on any atom is 0.225 e. The average Bonchev–Trinajstić information content (AvgIpc) is 2.62. The van der Waals surface area contributed by atoms with Crippen LogP contribution >= 0.6 is 0 Å². The molecule has 23 heavy (non-hydrogen) atoms. The number of hydrogen-bond acceptors (Lipinski definition) is 5. The maximum absolute atomic E-state index is 9.59. The van der Waals surface area contributed by atoms with Crippen molar-refractivity contribution in [1.82, 2.24) is 9.97 Å². The third-order valence-electron chi connectivity index (χ3n) is 4.70. The van der Waals surface area contributed by atoms with Crippen LogP contribution in [0.1, 0.15) is 24.0 Å². The highest BCUT2D eigenvalue weighted by molar-refractivity contribution is 5.64. The number of benzene rings is 1. The van der Waals surface area contributed by atoms with Crippen molar-refractivity contribution in [2.75, 3.05) is 24.6 Å². The van der Waals surface area contributed by atoms with Gasteiger partial charge in [-0.2, -0.15) is 0 Å². The third kappa shape index (κ3) is 3.07. The van der Waals surface area contributed by atoms with Crippen LogP contribution < -0.4 is 4.90 Å². The van der Waals surface area contributed by atoms with Crippen LogP contribution in [0.2, 0.25) is 0 Å². The molecular weight excluding hydrogens is 290 g/mol. The van der Waals surface area contributed by atoms with Crippen molar-refractivity contribution in [3.8, 4) is 11.1 Å². The first kappa shape index (κ1) is 14.6. The van der Waals surface area contributed by atoms with E-state index in [1.165, 1.54) is 11.1 Å². The molecule has 120 valence electrons. The predicted molar refractivity (Wildman–Crippen MR) is 88.3 cm³/mol. The molecule has 1 N–H and O–H groups in total. The quantitative estimate of drug-likeness (QED) is 0.921. The first-order chi connectivity index (χ1) is 11.3. The molecule has 0 spiro atoms. The Morgan fingerprint density at radius 2 is 1.83 bits per heavy atom. The van der Waals surface area contributed by atoms with Gasteiger partial charge in [-0.1, -0.05) is 18.2 Å². The summed E-state index contributed by atoms with van der Waals surface area (Å²) in [5, 5.41) is 9.59. The summed E-state index contributed by atoms with van der Waals surface area (Å²) in [4.78, 5) is 11.2. The van der Waals surface area contributed by atoms with E-state index in [0.29, 0.717) is 6.61 Å². The summed E-state index contributed by atoms with van der Waals surface area (Å²) in [7, 11) is 0. The van der Waals surface area contributed by atoms with E-state index in [1.807, 2.05) is 12.4 Å². The molecule has 0 amide bonds. The fraction of sp³-hybridized carbons (Fsp3) is 0.444. The van der Waals surface area contributed by atoms with Gasteiger partial charge in [0.25, 0.3) is 0 Å². The van der Waals surface area contributed by atoms with E-state index >= 15 is 0 Å². The Bertz CT molecular complexity index is 679. The average molecular weight is 311 g/mol. The smallest absolute Gasteiger partial charge is 0.225 e. The van der Waals surface area contributed by atoms with Gasteiger partial charge in [0.15, 0.2) is 0 Å². The van der Waals surface area contributed by atoms with Gasteiger partial charge in [-0.3, -0.25) is 0 Å². The minimum atomic E-state index is -0.176. The number of hydrogen-bond donors (Lipinski definition) is 1. The normalized spacial score (nSPS) is 18.7. The zero-order valence-electron chi connectivity index (χ0n) is 13.1. The molecule has 2 aromatic rings. The van der Waals surface area contributed by atoms with Crippen LogP contribution in [0, 0.1) is 0 Å². The lowest BCUT2D eigenvalue weighted by atomic mass is 9.98. The minimum Gasteiger partial charge on any atom is -0.393 e. The largest absolute Gasteiger partial charge is 0.393 e. The number of aromatic nitrogens is 2. The molecule has 5 nitrogen and oxygen atoms in total. The number of anilines is 1. The first-order valence-corrected chi connectivity index (χ1v) is 8.24. The standard InChI is InChI=1S/C18H21N3O2/c22-17-3-6-21(7-4-17)18-19-10-16(11-20-18)13-1-2-15-12-23-8-5-14(15)9-13/h1-2,9-11,17,22H,3-8,12H2. The summed E-state index contributed by atoms with van der Waals surface area (Å²) in [6.07, 6.45) is 6.17. The molecule has 1 aromatic heterocycles. The highest BCUT2D eigenvalue weighted by atomic mass is 16.5. The van der Waals surface area contributed by atoms with Crippen LogP contribution in [0.4, 0.5) is 5.95 Å². The molecule has 1 saturated heterocycles. The van der Waals surface area contributed by atoms with Gasteiger partial charge >= 0.3 is 0 Å². The Morgan fingerprint density at radius 3 is 2.61 bits per heavy atom. The lowest BCUT2D eigenvalue weighted by Gasteiger charge is -2.29. The number of nitrogens with zero attached hydrogens (tertiary/aromatic N) is 3. The number of piperidine rings is 1. The van der Waals surface area contributed by atoms with Crippen LogP contribution in [-0.4, -0.2) is 40.9 Å². The first-order valence-electron chi connectivity index (χ1n) is 8.24. The van der Waals surface area contributed by atoms with Crippen molar-refractivity contribution in [2.24, 2.45) is 0 Å². The molecule has 1 aromatic carbocycles. The molecule has 5 heteroatoms. The summed E-state index contributed by atoms with van der Waals surface area (Å²) in [6, 6.07) is 6.49. The van der Waals surface area contributed by atoms with Crippen LogP contribution in [0.15, 0.2) is 30.6 Å². The second-order valence-corrected chi connectivity index (χ2v) is 6.28. The van der Waals surface area contributed by atoms with Crippen LogP contribution in [0.25, 0.3) is 11.1 Å². The maximum atomic E-state index is 9.59. The van der Waals surface area contributed by atoms with Gasteiger partial charge in [-0.25, -0.2) is 9.97 Å². The predicted octanol–water partition coefficient (Wildman–Crippen LogP) is 2.18. The van der Waals surface area contributed by atoms with Gasteiger partial charge in [0.2, 0.25) is 5.95 Å². The number of fused-ring (bicyclic) bond motifs is 1.